The zero-order valence-corrected chi connectivity index (χ0v) is 15.5. The van der Waals surface area contributed by atoms with Gasteiger partial charge in [0.25, 0.3) is 5.91 Å². The number of ether oxygens (including phenoxy) is 5. The Hall–Kier alpha value is -3.09. The van der Waals surface area contributed by atoms with Crippen LogP contribution in [0.2, 0.25) is 0 Å². The molecule has 0 atom stereocenters. The number of hydrogen-bond acceptors (Lipinski definition) is 6. The second-order valence-electron chi connectivity index (χ2n) is 5.27. The number of carbonyl (C=O) groups excluding carboxylic acids is 1. The summed E-state index contributed by atoms with van der Waals surface area (Å²) in [6, 6.07) is 8.47. The van der Waals surface area contributed by atoms with Crippen molar-refractivity contribution in [3.05, 3.63) is 41.5 Å². The maximum Gasteiger partial charge on any atom is 0.251 e. The van der Waals surface area contributed by atoms with Crippen LogP contribution < -0.4 is 29.0 Å². The van der Waals surface area contributed by atoms with Crippen LogP contribution in [0.15, 0.2) is 30.3 Å². The standard InChI is InChI=1S/C19H23NO6/c1-22-14-7-6-12(8-16(14)24-3)19(21)20-11-13-9-17(25-4)18(26-5)10-15(13)23-2/h6-10H,11H2,1-5H3,(H,20,21). The molecule has 7 nitrogen and oxygen atoms in total. The number of rotatable bonds is 8. The van der Waals surface area contributed by atoms with Crippen LogP contribution >= 0.6 is 0 Å². The first-order valence-electron chi connectivity index (χ1n) is 7.87. The number of nitrogens with one attached hydrogen (secondary N) is 1. The molecular formula is C19H23NO6. The monoisotopic (exact) mass is 361 g/mol. The second kappa shape index (κ2) is 8.84. The SMILES string of the molecule is COc1cc(OC)c(OC)cc1CNC(=O)c1ccc(OC)c(OC)c1. The molecule has 0 unspecified atom stereocenters. The van der Waals surface area contributed by atoms with Gasteiger partial charge in [0.1, 0.15) is 5.75 Å². The molecule has 0 bridgehead atoms. The highest BCUT2D eigenvalue weighted by molar-refractivity contribution is 5.94. The van der Waals surface area contributed by atoms with Crippen LogP contribution in [0.3, 0.4) is 0 Å². The molecule has 0 aliphatic heterocycles. The van der Waals surface area contributed by atoms with Crippen molar-refractivity contribution >= 4 is 5.91 Å². The molecule has 0 heterocycles. The highest BCUT2D eigenvalue weighted by Gasteiger charge is 2.14. The number of methoxy groups -OCH3 is 5. The fourth-order valence-corrected chi connectivity index (χ4v) is 2.49. The van der Waals surface area contributed by atoms with Gasteiger partial charge in [-0.05, 0) is 24.3 Å². The van der Waals surface area contributed by atoms with Crippen molar-refractivity contribution in [2.45, 2.75) is 6.54 Å². The van der Waals surface area contributed by atoms with E-state index in [0.717, 1.165) is 5.56 Å². The highest BCUT2D eigenvalue weighted by atomic mass is 16.5. The first-order valence-corrected chi connectivity index (χ1v) is 7.87. The van der Waals surface area contributed by atoms with Crippen LogP contribution in [0.5, 0.6) is 28.7 Å². The molecule has 0 aliphatic carbocycles. The van der Waals surface area contributed by atoms with Gasteiger partial charge in [0.2, 0.25) is 0 Å². The Morgan fingerprint density at radius 2 is 1.27 bits per heavy atom. The van der Waals surface area contributed by atoms with E-state index in [1.165, 1.54) is 7.11 Å². The first-order chi connectivity index (χ1) is 12.6. The average Bonchev–Trinajstić information content (AvgIpc) is 2.70. The van der Waals surface area contributed by atoms with E-state index in [1.54, 1.807) is 58.8 Å². The van der Waals surface area contributed by atoms with Crippen molar-refractivity contribution in [2.24, 2.45) is 0 Å². The molecule has 1 amide bonds. The molecule has 0 saturated carbocycles. The third-order valence-corrected chi connectivity index (χ3v) is 3.87. The Morgan fingerprint density at radius 1 is 0.731 bits per heavy atom. The Bertz CT molecular complexity index is 775. The smallest absolute Gasteiger partial charge is 0.251 e. The molecule has 2 rings (SSSR count). The van der Waals surface area contributed by atoms with Gasteiger partial charge in [-0.15, -0.1) is 0 Å². The van der Waals surface area contributed by atoms with Gasteiger partial charge in [-0.3, -0.25) is 4.79 Å². The minimum Gasteiger partial charge on any atom is -0.496 e. The number of benzene rings is 2. The van der Waals surface area contributed by atoms with Gasteiger partial charge in [0.15, 0.2) is 23.0 Å². The van der Waals surface area contributed by atoms with E-state index in [9.17, 15) is 4.79 Å². The minimum atomic E-state index is -0.247. The quantitative estimate of drug-likeness (QED) is 0.779. The highest BCUT2D eigenvalue weighted by Crippen LogP contribution is 2.34. The summed E-state index contributed by atoms with van der Waals surface area (Å²) in [6.07, 6.45) is 0. The lowest BCUT2D eigenvalue weighted by Crippen LogP contribution is -2.23. The Labute approximate surface area is 152 Å². The molecule has 7 heteroatoms. The van der Waals surface area contributed by atoms with E-state index in [1.807, 2.05) is 0 Å². The van der Waals surface area contributed by atoms with Crippen LogP contribution in [0.4, 0.5) is 0 Å². The molecule has 0 aliphatic rings. The maximum absolute atomic E-state index is 12.5. The lowest BCUT2D eigenvalue weighted by Gasteiger charge is -2.15. The lowest BCUT2D eigenvalue weighted by atomic mass is 10.1. The Balaban J connectivity index is 2.19. The summed E-state index contributed by atoms with van der Waals surface area (Å²) in [5.41, 5.74) is 1.22. The summed E-state index contributed by atoms with van der Waals surface area (Å²) in [7, 11) is 7.72. The van der Waals surface area contributed by atoms with Crippen LogP contribution in [-0.2, 0) is 6.54 Å². The molecule has 0 aromatic heterocycles. The summed E-state index contributed by atoms with van der Waals surface area (Å²) < 4.78 is 26.3. The molecule has 0 fully saturated rings. The zero-order valence-electron chi connectivity index (χ0n) is 15.5. The van der Waals surface area contributed by atoms with Gasteiger partial charge < -0.3 is 29.0 Å². The second-order valence-corrected chi connectivity index (χ2v) is 5.27. The van der Waals surface area contributed by atoms with Crippen LogP contribution in [-0.4, -0.2) is 41.5 Å². The Morgan fingerprint density at radius 3 is 1.85 bits per heavy atom. The van der Waals surface area contributed by atoms with Gasteiger partial charge in [0.05, 0.1) is 35.5 Å². The molecule has 2 aromatic carbocycles. The van der Waals surface area contributed by atoms with Gasteiger partial charge in [0, 0.05) is 23.7 Å². The largest absolute Gasteiger partial charge is 0.496 e. The third-order valence-electron chi connectivity index (χ3n) is 3.87. The molecule has 0 radical (unpaired) electrons. The summed E-state index contributed by atoms with van der Waals surface area (Å²) >= 11 is 0. The van der Waals surface area contributed by atoms with E-state index >= 15 is 0 Å². The van der Waals surface area contributed by atoms with Crippen molar-refractivity contribution in [2.75, 3.05) is 35.5 Å². The molecule has 26 heavy (non-hydrogen) atoms. The summed E-state index contributed by atoms with van der Waals surface area (Å²) in [5.74, 6) is 2.51. The van der Waals surface area contributed by atoms with Crippen molar-refractivity contribution < 1.29 is 28.5 Å². The third kappa shape index (κ3) is 4.11. The van der Waals surface area contributed by atoms with Crippen LogP contribution in [0, 0.1) is 0 Å². The van der Waals surface area contributed by atoms with E-state index in [0.29, 0.717) is 34.3 Å². The fourth-order valence-electron chi connectivity index (χ4n) is 2.49. The molecule has 0 spiro atoms. The van der Waals surface area contributed by atoms with Gasteiger partial charge in [-0.25, -0.2) is 0 Å². The summed E-state index contributed by atoms with van der Waals surface area (Å²) in [6.45, 7) is 0.261. The lowest BCUT2D eigenvalue weighted by molar-refractivity contribution is 0.0950. The van der Waals surface area contributed by atoms with Crippen molar-refractivity contribution in [1.29, 1.82) is 0 Å². The summed E-state index contributed by atoms with van der Waals surface area (Å²) in [4.78, 5) is 12.5. The van der Waals surface area contributed by atoms with Gasteiger partial charge >= 0.3 is 0 Å². The van der Waals surface area contributed by atoms with Crippen molar-refractivity contribution in [3.8, 4) is 28.7 Å². The topological polar surface area (TPSA) is 75.2 Å². The molecule has 0 saturated heterocycles. The molecular weight excluding hydrogens is 338 g/mol. The maximum atomic E-state index is 12.5. The van der Waals surface area contributed by atoms with Crippen LogP contribution in [0.25, 0.3) is 0 Å². The zero-order chi connectivity index (χ0) is 19.1. The predicted molar refractivity (Wildman–Crippen MR) is 96.8 cm³/mol. The first kappa shape index (κ1) is 19.2. The van der Waals surface area contributed by atoms with Crippen molar-refractivity contribution in [1.82, 2.24) is 5.32 Å². The number of amides is 1. The van der Waals surface area contributed by atoms with E-state index in [2.05, 4.69) is 5.32 Å². The van der Waals surface area contributed by atoms with E-state index < -0.39 is 0 Å². The van der Waals surface area contributed by atoms with Crippen molar-refractivity contribution in [3.63, 3.8) is 0 Å². The summed E-state index contributed by atoms with van der Waals surface area (Å²) in [5, 5.41) is 2.86. The minimum absolute atomic E-state index is 0.247. The fraction of sp³-hybridized carbons (Fsp3) is 0.316. The van der Waals surface area contributed by atoms with Crippen LogP contribution in [0.1, 0.15) is 15.9 Å². The molecule has 140 valence electrons. The molecule has 2 aromatic rings. The number of carbonyl (C=O) groups is 1. The average molecular weight is 361 g/mol. The van der Waals surface area contributed by atoms with Gasteiger partial charge in [-0.2, -0.15) is 0 Å². The predicted octanol–water partition coefficient (Wildman–Crippen LogP) is 2.66. The van der Waals surface area contributed by atoms with Gasteiger partial charge in [-0.1, -0.05) is 0 Å². The normalized spacial score (nSPS) is 10.0. The van der Waals surface area contributed by atoms with E-state index in [-0.39, 0.29) is 12.5 Å². The van der Waals surface area contributed by atoms with E-state index in [4.69, 9.17) is 23.7 Å². The molecule has 1 N–H and O–H groups in total. The Kier molecular flexibility index (Phi) is 6.54. The number of hydrogen-bond donors (Lipinski definition) is 1.